The molecule has 1 aliphatic rings. The number of amides is 1. The Morgan fingerprint density at radius 2 is 1.58 bits per heavy atom. The van der Waals surface area contributed by atoms with Crippen molar-refractivity contribution in [3.05, 3.63) is 23.7 Å². The third-order valence-electron chi connectivity index (χ3n) is 5.92. The summed E-state index contributed by atoms with van der Waals surface area (Å²) in [6.07, 6.45) is 4.77. The molecule has 1 fully saturated rings. The molecule has 1 saturated heterocycles. The van der Waals surface area contributed by atoms with E-state index >= 15 is 0 Å². The predicted octanol–water partition coefficient (Wildman–Crippen LogP) is 2.13. The van der Waals surface area contributed by atoms with Crippen LogP contribution in [-0.4, -0.2) is 63.6 Å². The van der Waals surface area contributed by atoms with Crippen molar-refractivity contribution in [2.45, 2.75) is 115 Å². The van der Waals surface area contributed by atoms with Crippen LogP contribution < -0.4 is 5.32 Å². The van der Waals surface area contributed by atoms with Gasteiger partial charge in [0.1, 0.15) is 42.5 Å². The van der Waals surface area contributed by atoms with E-state index in [1.807, 2.05) is 0 Å². The Labute approximate surface area is 196 Å². The van der Waals surface area contributed by atoms with Gasteiger partial charge in [0.05, 0.1) is 13.2 Å². The Morgan fingerprint density at radius 3 is 2.24 bits per heavy atom. The number of hydrogen-bond acceptors (Lipinski definition) is 8. The molecule has 0 aromatic carbocycles. The fourth-order valence-electron chi connectivity index (χ4n) is 3.83. The lowest BCUT2D eigenvalue weighted by Gasteiger charge is -2.39. The van der Waals surface area contributed by atoms with Crippen molar-refractivity contribution in [3.8, 4) is 0 Å². The van der Waals surface area contributed by atoms with Gasteiger partial charge < -0.3 is 39.6 Å². The first-order chi connectivity index (χ1) is 16.0. The van der Waals surface area contributed by atoms with Crippen LogP contribution in [0.3, 0.4) is 0 Å². The molecule has 0 radical (unpaired) electrons. The summed E-state index contributed by atoms with van der Waals surface area (Å²) in [6, 6.07) is 3.41. The summed E-state index contributed by atoms with van der Waals surface area (Å²) in [6.45, 7) is 1.93. The van der Waals surface area contributed by atoms with Gasteiger partial charge in [-0.3, -0.25) is 4.79 Å². The van der Waals surface area contributed by atoms with Crippen molar-refractivity contribution in [1.82, 2.24) is 5.32 Å². The molecule has 9 heteroatoms. The minimum atomic E-state index is -1.49. The van der Waals surface area contributed by atoms with Gasteiger partial charge in [-0.2, -0.15) is 0 Å². The second kappa shape index (κ2) is 15.4. The number of furan rings is 1. The summed E-state index contributed by atoms with van der Waals surface area (Å²) in [7, 11) is 0. The van der Waals surface area contributed by atoms with Crippen molar-refractivity contribution in [2.24, 2.45) is 0 Å². The Bertz CT molecular complexity index is 665. The highest BCUT2D eigenvalue weighted by atomic mass is 16.7. The van der Waals surface area contributed by atoms with Gasteiger partial charge >= 0.3 is 0 Å². The lowest BCUT2D eigenvalue weighted by molar-refractivity contribution is -0.304. The SMILES string of the molecule is CCCCCCCCCCCC(=O)NCc1ccc(CO[C@H]2O[C@H](CO)[C@@H](O)[C@H](O)[C@H]2O)o1. The van der Waals surface area contributed by atoms with Gasteiger partial charge in [0.2, 0.25) is 5.91 Å². The standard InChI is InChI=1S/C24H41NO8/c1-2-3-4-5-6-7-8-9-10-11-20(27)25-14-17-12-13-18(32-17)16-31-24-23(30)22(29)21(28)19(15-26)33-24/h12-13,19,21-24,26,28-30H,2-11,14-16H2,1H3,(H,25,27)/t19-,21-,22+,23-,24+/m1/s1. The summed E-state index contributed by atoms with van der Waals surface area (Å²) in [5.41, 5.74) is 0. The second-order valence-electron chi connectivity index (χ2n) is 8.73. The average Bonchev–Trinajstić information content (AvgIpc) is 3.27. The Hall–Kier alpha value is -1.49. The van der Waals surface area contributed by atoms with Crippen LogP contribution in [0.25, 0.3) is 0 Å². The molecule has 190 valence electrons. The number of rotatable bonds is 16. The van der Waals surface area contributed by atoms with Crippen LogP contribution in [0, 0.1) is 0 Å². The fraction of sp³-hybridized carbons (Fsp3) is 0.792. The Balaban J connectivity index is 1.59. The largest absolute Gasteiger partial charge is 0.462 e. The molecular weight excluding hydrogens is 430 g/mol. The number of unbranched alkanes of at least 4 members (excludes halogenated alkanes) is 8. The van der Waals surface area contributed by atoms with Crippen LogP contribution in [0.2, 0.25) is 0 Å². The number of aliphatic hydroxyl groups is 4. The van der Waals surface area contributed by atoms with E-state index in [0.717, 1.165) is 12.8 Å². The monoisotopic (exact) mass is 471 g/mol. The molecule has 5 N–H and O–H groups in total. The molecule has 2 rings (SSSR count). The summed E-state index contributed by atoms with van der Waals surface area (Å²) in [5, 5.41) is 41.7. The van der Waals surface area contributed by atoms with Crippen LogP contribution in [0.4, 0.5) is 0 Å². The number of nitrogens with one attached hydrogen (secondary N) is 1. The van der Waals surface area contributed by atoms with Gasteiger partial charge in [-0.15, -0.1) is 0 Å². The molecule has 33 heavy (non-hydrogen) atoms. The van der Waals surface area contributed by atoms with E-state index in [2.05, 4.69) is 12.2 Å². The quantitative estimate of drug-likeness (QED) is 0.231. The van der Waals surface area contributed by atoms with Gasteiger partial charge in [-0.1, -0.05) is 58.3 Å². The predicted molar refractivity (Wildman–Crippen MR) is 121 cm³/mol. The van der Waals surface area contributed by atoms with E-state index in [0.29, 0.717) is 17.9 Å². The summed E-state index contributed by atoms with van der Waals surface area (Å²) in [5.74, 6) is 1.02. The van der Waals surface area contributed by atoms with E-state index < -0.39 is 37.3 Å². The normalized spacial score (nSPS) is 25.3. The number of aliphatic hydroxyl groups excluding tert-OH is 4. The summed E-state index contributed by atoms with van der Waals surface area (Å²) < 4.78 is 16.4. The molecule has 0 bridgehead atoms. The highest BCUT2D eigenvalue weighted by Crippen LogP contribution is 2.23. The fourth-order valence-corrected chi connectivity index (χ4v) is 3.83. The molecule has 0 aliphatic carbocycles. The zero-order valence-electron chi connectivity index (χ0n) is 19.7. The maximum absolute atomic E-state index is 12.0. The molecule has 0 spiro atoms. The highest BCUT2D eigenvalue weighted by molar-refractivity contribution is 5.75. The molecule has 1 amide bonds. The van der Waals surface area contributed by atoms with E-state index in [9.17, 15) is 25.2 Å². The minimum Gasteiger partial charge on any atom is -0.462 e. The summed E-state index contributed by atoms with van der Waals surface area (Å²) in [4.78, 5) is 12.0. The average molecular weight is 472 g/mol. The van der Waals surface area contributed by atoms with Crippen LogP contribution in [0.5, 0.6) is 0 Å². The highest BCUT2D eigenvalue weighted by Gasteiger charge is 2.44. The molecule has 2 heterocycles. The third-order valence-corrected chi connectivity index (χ3v) is 5.92. The first kappa shape index (κ1) is 27.8. The molecule has 1 aliphatic heterocycles. The lowest BCUT2D eigenvalue weighted by Crippen LogP contribution is -2.59. The van der Waals surface area contributed by atoms with E-state index in [-0.39, 0.29) is 19.1 Å². The van der Waals surface area contributed by atoms with E-state index in [4.69, 9.17) is 13.9 Å². The molecule has 1 aromatic heterocycles. The molecule has 0 saturated carbocycles. The number of carbonyl (C=O) groups excluding carboxylic acids is 1. The van der Waals surface area contributed by atoms with Crippen LogP contribution in [0.1, 0.15) is 82.7 Å². The molecule has 0 unspecified atom stereocenters. The minimum absolute atomic E-state index is 0.00605. The van der Waals surface area contributed by atoms with Gasteiger partial charge in [0, 0.05) is 6.42 Å². The zero-order chi connectivity index (χ0) is 24.1. The first-order valence-corrected chi connectivity index (χ1v) is 12.2. The molecule has 1 aromatic rings. The second-order valence-corrected chi connectivity index (χ2v) is 8.73. The van der Waals surface area contributed by atoms with Gasteiger partial charge in [-0.25, -0.2) is 0 Å². The smallest absolute Gasteiger partial charge is 0.220 e. The maximum atomic E-state index is 12.0. The number of ether oxygens (including phenoxy) is 2. The number of carbonyl (C=O) groups is 1. The molecule has 9 nitrogen and oxygen atoms in total. The van der Waals surface area contributed by atoms with Crippen LogP contribution in [-0.2, 0) is 27.4 Å². The van der Waals surface area contributed by atoms with Crippen molar-refractivity contribution in [1.29, 1.82) is 0 Å². The van der Waals surface area contributed by atoms with Crippen LogP contribution in [0.15, 0.2) is 16.5 Å². The van der Waals surface area contributed by atoms with Gasteiger partial charge in [-0.05, 0) is 18.6 Å². The van der Waals surface area contributed by atoms with Crippen molar-refractivity contribution in [2.75, 3.05) is 6.61 Å². The van der Waals surface area contributed by atoms with E-state index in [1.165, 1.54) is 44.9 Å². The first-order valence-electron chi connectivity index (χ1n) is 12.2. The zero-order valence-corrected chi connectivity index (χ0v) is 19.7. The number of hydrogen-bond donors (Lipinski definition) is 5. The van der Waals surface area contributed by atoms with Crippen LogP contribution >= 0.6 is 0 Å². The van der Waals surface area contributed by atoms with Crippen molar-refractivity contribution in [3.63, 3.8) is 0 Å². The van der Waals surface area contributed by atoms with E-state index in [1.54, 1.807) is 12.1 Å². The molecular formula is C24H41NO8. The third kappa shape index (κ3) is 9.72. The van der Waals surface area contributed by atoms with Crippen molar-refractivity contribution >= 4 is 5.91 Å². The Morgan fingerprint density at radius 1 is 0.939 bits per heavy atom. The topological polar surface area (TPSA) is 142 Å². The van der Waals surface area contributed by atoms with Gasteiger partial charge in [0.25, 0.3) is 0 Å². The van der Waals surface area contributed by atoms with Gasteiger partial charge in [0.15, 0.2) is 6.29 Å². The lowest BCUT2D eigenvalue weighted by atomic mass is 9.99. The summed E-state index contributed by atoms with van der Waals surface area (Å²) >= 11 is 0. The maximum Gasteiger partial charge on any atom is 0.220 e. The van der Waals surface area contributed by atoms with Crippen molar-refractivity contribution < 1.29 is 39.1 Å². The molecule has 5 atom stereocenters. The Kier molecular flexibility index (Phi) is 13.0.